The number of hydrogen-bond donors (Lipinski definition) is 0. The van der Waals surface area contributed by atoms with Crippen LogP contribution in [0.1, 0.15) is 6.42 Å². The average Bonchev–Trinajstić information content (AvgIpc) is 1.79. The molecule has 0 radical (unpaired) electrons. The Balaban J connectivity index is 4.48. The van der Waals surface area contributed by atoms with Crippen molar-refractivity contribution < 1.29 is 17.8 Å². The van der Waals surface area contributed by atoms with Crippen LogP contribution in [0.25, 0.3) is 0 Å². The molecule has 11 heavy (non-hydrogen) atoms. The van der Waals surface area contributed by atoms with Gasteiger partial charge in [0.05, 0.1) is 18.9 Å². The van der Waals surface area contributed by atoms with Gasteiger partial charge < -0.3 is 9.35 Å². The minimum Gasteiger partial charge on any atom is -0.744 e. The largest absolute Gasteiger partial charge is 0.744 e. The van der Waals surface area contributed by atoms with E-state index >= 15 is 0 Å². The zero-order chi connectivity index (χ0) is 9.07. The van der Waals surface area contributed by atoms with Gasteiger partial charge >= 0.3 is 0 Å². The Hall–Kier alpha value is -0.0700. The van der Waals surface area contributed by atoms with Crippen molar-refractivity contribution in [3.8, 4) is 0 Å². The van der Waals surface area contributed by atoms with Gasteiger partial charge in [-0.15, -0.1) is 0 Å². The van der Waals surface area contributed by atoms with E-state index < -0.39 is 25.6 Å². The Kier molecular flexibility index (Phi) is 4.05. The molecule has 0 amide bonds. The smallest absolute Gasteiger partial charge is 0.211 e. The van der Waals surface area contributed by atoms with E-state index in [1.807, 2.05) is 0 Å². The van der Waals surface area contributed by atoms with E-state index in [9.17, 15) is 17.8 Å². The first kappa shape index (κ1) is 10.9. The molecule has 0 aliphatic carbocycles. The van der Waals surface area contributed by atoms with Crippen molar-refractivity contribution in [2.45, 2.75) is 11.0 Å². The van der Waals surface area contributed by atoms with Gasteiger partial charge in [0, 0.05) is 0 Å². The molecule has 66 valence electrons. The van der Waals surface area contributed by atoms with E-state index in [1.54, 1.807) is 12.5 Å². The lowest BCUT2D eigenvalue weighted by Gasteiger charge is -2.14. The molecule has 0 fully saturated rings. The predicted molar refractivity (Wildman–Crippen MR) is 43.4 cm³/mol. The predicted octanol–water partition coefficient (Wildman–Crippen LogP) is -0.675. The van der Waals surface area contributed by atoms with Crippen LogP contribution in [0.4, 0.5) is 0 Å². The highest BCUT2D eigenvalue weighted by molar-refractivity contribution is 8.09. The number of carbonyl (C=O) groups is 1. The summed E-state index contributed by atoms with van der Waals surface area (Å²) in [5, 5.41) is 0. The average molecular weight is 198 g/mol. The molecule has 0 spiro atoms. The van der Waals surface area contributed by atoms with E-state index in [2.05, 4.69) is 0 Å². The van der Waals surface area contributed by atoms with Gasteiger partial charge in [0.25, 0.3) is 0 Å². The van der Waals surface area contributed by atoms with Gasteiger partial charge in [-0.25, -0.2) is 8.42 Å². The van der Waals surface area contributed by atoms with Gasteiger partial charge in [0.1, 0.15) is 16.4 Å². The van der Waals surface area contributed by atoms with E-state index in [-0.39, 0.29) is 6.42 Å². The zero-order valence-corrected chi connectivity index (χ0v) is 7.94. The third kappa shape index (κ3) is 3.74. The number of carbonyl (C=O) groups excluding carboxylic acids is 1. The fourth-order valence-electron chi connectivity index (χ4n) is 0.625. The Morgan fingerprint density at radius 1 is 1.55 bits per heavy atom. The van der Waals surface area contributed by atoms with Crippen molar-refractivity contribution in [3.05, 3.63) is 0 Å². The van der Waals surface area contributed by atoms with Crippen molar-refractivity contribution in [2.24, 2.45) is 0 Å². The molecule has 4 nitrogen and oxygen atoms in total. The van der Waals surface area contributed by atoms with Crippen LogP contribution in [0.15, 0.2) is 0 Å². The highest BCUT2D eigenvalue weighted by Gasteiger charge is 2.27. The third-order valence-corrected chi connectivity index (χ3v) is 5.08. The molecule has 0 N–H and O–H groups in total. The molecule has 6 heteroatoms. The van der Waals surface area contributed by atoms with E-state index in [4.69, 9.17) is 0 Å². The fourth-order valence-corrected chi connectivity index (χ4v) is 3.29. The molecule has 0 aromatic heterocycles. The van der Waals surface area contributed by atoms with Crippen molar-refractivity contribution in [2.75, 3.05) is 12.5 Å². The lowest BCUT2D eigenvalue weighted by Crippen LogP contribution is -2.29. The molecule has 0 saturated carbocycles. The summed E-state index contributed by atoms with van der Waals surface area (Å²) >= 11 is 0. The topological polar surface area (TPSA) is 74.3 Å². The maximum absolute atomic E-state index is 10.5. The van der Waals surface area contributed by atoms with Crippen LogP contribution in [-0.4, -0.2) is 36.4 Å². The molecular formula is C5H10O4S2. The van der Waals surface area contributed by atoms with Gasteiger partial charge in [-0.2, -0.15) is 0 Å². The molecule has 0 aliphatic rings. The zero-order valence-electron chi connectivity index (χ0n) is 6.31. The molecular weight excluding hydrogens is 188 g/mol. The van der Waals surface area contributed by atoms with E-state index in [1.165, 1.54) is 0 Å². The minimum atomic E-state index is -4.30. The highest BCUT2D eigenvalue weighted by Crippen LogP contribution is 2.09. The van der Waals surface area contributed by atoms with Gasteiger partial charge in [0.15, 0.2) is 0 Å². The second-order valence-corrected chi connectivity index (χ2v) is 6.39. The van der Waals surface area contributed by atoms with Gasteiger partial charge in [-0.1, -0.05) is 0 Å². The van der Waals surface area contributed by atoms with Gasteiger partial charge in [0.2, 0.25) is 4.58 Å². The Labute approximate surface area is 69.1 Å². The Bertz CT molecular complexity index is 219. The lowest BCUT2D eigenvalue weighted by molar-refractivity contribution is -0.107. The van der Waals surface area contributed by atoms with Crippen LogP contribution in [0.2, 0.25) is 0 Å². The summed E-state index contributed by atoms with van der Waals surface area (Å²) in [6.07, 6.45) is 3.53. The standard InChI is InChI=1S/C5H10O4S2/c1-10(2)5(3-4-6)11(7,8)9/h4-5H,3H2,1-2H3. The molecule has 0 aliphatic heterocycles. The maximum atomic E-state index is 10.5. The summed E-state index contributed by atoms with van der Waals surface area (Å²) in [6, 6.07) is 0. The van der Waals surface area contributed by atoms with Crippen LogP contribution in [0, 0.1) is 0 Å². The first-order chi connectivity index (χ1) is 4.89. The number of hydrogen-bond acceptors (Lipinski definition) is 4. The monoisotopic (exact) mass is 198 g/mol. The summed E-state index contributed by atoms with van der Waals surface area (Å²) in [5.74, 6) is 0. The van der Waals surface area contributed by atoms with E-state index in [0.29, 0.717) is 6.29 Å². The summed E-state index contributed by atoms with van der Waals surface area (Å²) in [6.45, 7) is 0. The van der Waals surface area contributed by atoms with Crippen molar-refractivity contribution >= 4 is 27.3 Å². The summed E-state index contributed by atoms with van der Waals surface area (Å²) in [5.41, 5.74) is 0. The van der Waals surface area contributed by atoms with Crippen molar-refractivity contribution in [1.82, 2.24) is 0 Å². The molecule has 0 heterocycles. The minimum absolute atomic E-state index is 0.193. The quantitative estimate of drug-likeness (QED) is 0.341. The van der Waals surface area contributed by atoms with Gasteiger partial charge in [-0.3, -0.25) is 0 Å². The normalized spacial score (nSPS) is 14.9. The molecule has 0 aromatic carbocycles. The van der Waals surface area contributed by atoms with Gasteiger partial charge in [-0.05, 0) is 10.9 Å². The van der Waals surface area contributed by atoms with Crippen LogP contribution in [0.3, 0.4) is 0 Å². The highest BCUT2D eigenvalue weighted by atomic mass is 32.3. The Morgan fingerprint density at radius 3 is 2.09 bits per heavy atom. The second kappa shape index (κ2) is 4.08. The molecule has 1 atom stereocenters. The molecule has 1 unspecified atom stereocenters. The lowest BCUT2D eigenvalue weighted by atomic mass is 10.5. The van der Waals surface area contributed by atoms with Crippen molar-refractivity contribution in [1.29, 1.82) is 0 Å². The second-order valence-electron chi connectivity index (χ2n) is 2.20. The summed E-state index contributed by atoms with van der Waals surface area (Å²) in [7, 11) is -4.85. The van der Waals surface area contributed by atoms with Crippen LogP contribution in [-0.2, 0) is 25.8 Å². The molecule has 0 aromatic rings. The molecule has 0 saturated heterocycles. The maximum Gasteiger partial charge on any atom is 0.211 e. The van der Waals surface area contributed by atoms with Crippen LogP contribution in [0.5, 0.6) is 0 Å². The fraction of sp³-hybridized carbons (Fsp3) is 0.800. The van der Waals surface area contributed by atoms with Crippen LogP contribution < -0.4 is 0 Å². The third-order valence-electron chi connectivity index (χ3n) is 1.14. The van der Waals surface area contributed by atoms with Crippen molar-refractivity contribution in [3.63, 3.8) is 0 Å². The molecule has 0 bridgehead atoms. The SMILES string of the molecule is C[S+](C)C(CC=O)S(=O)(=O)[O-]. The Morgan fingerprint density at radius 2 is 2.00 bits per heavy atom. The summed E-state index contributed by atoms with van der Waals surface area (Å²) in [4.78, 5) is 9.97. The number of rotatable bonds is 4. The number of aldehydes is 1. The summed E-state index contributed by atoms with van der Waals surface area (Å²) < 4.78 is 30.3. The first-order valence-corrected chi connectivity index (χ1v) is 6.42. The van der Waals surface area contributed by atoms with Crippen LogP contribution >= 0.6 is 0 Å². The molecule has 0 rings (SSSR count). The van der Waals surface area contributed by atoms with E-state index in [0.717, 1.165) is 0 Å². The first-order valence-electron chi connectivity index (χ1n) is 2.84.